The number of ketones is 1. The van der Waals surface area contributed by atoms with Gasteiger partial charge in [-0.2, -0.15) is 0 Å². The zero-order valence-corrected chi connectivity index (χ0v) is 16.8. The van der Waals surface area contributed by atoms with Crippen molar-refractivity contribution in [3.8, 4) is 0 Å². The minimum absolute atomic E-state index is 0.105. The Balaban J connectivity index is 1.47. The van der Waals surface area contributed by atoms with Crippen molar-refractivity contribution in [3.05, 3.63) is 29.3 Å². The van der Waals surface area contributed by atoms with E-state index in [1.165, 1.54) is 17.7 Å². The lowest BCUT2D eigenvalue weighted by Gasteiger charge is -2.09. The Kier molecular flexibility index (Phi) is 6.93. The summed E-state index contributed by atoms with van der Waals surface area (Å²) in [6, 6.07) is 1.70. The molecule has 2 aromatic heterocycles. The molecule has 28 heavy (non-hydrogen) atoms. The zero-order chi connectivity index (χ0) is 19.9. The smallest absolute Gasteiger partial charge is 0.232 e. The second kappa shape index (κ2) is 9.60. The van der Waals surface area contributed by atoms with E-state index in [9.17, 15) is 9.59 Å². The largest absolute Gasteiger partial charge is 0.376 e. The fraction of sp³-hybridized carbons (Fsp3) is 0.471. The number of nitrogens with two attached hydrogens (primary N) is 1. The summed E-state index contributed by atoms with van der Waals surface area (Å²) in [6.45, 7) is 0.178. The van der Waals surface area contributed by atoms with Crippen molar-refractivity contribution in [2.24, 2.45) is 11.7 Å². The van der Waals surface area contributed by atoms with Crippen LogP contribution in [0.25, 0.3) is 0 Å². The predicted molar refractivity (Wildman–Crippen MR) is 109 cm³/mol. The van der Waals surface area contributed by atoms with Crippen LogP contribution in [0.15, 0.2) is 18.6 Å². The average Bonchev–Trinajstić information content (AvgIpc) is 3.30. The highest BCUT2D eigenvalue weighted by atomic mass is 32.1. The highest BCUT2D eigenvalue weighted by Crippen LogP contribution is 2.41. The van der Waals surface area contributed by atoms with Gasteiger partial charge in [0.25, 0.3) is 0 Å². The quantitative estimate of drug-likeness (QED) is 0.539. The highest BCUT2D eigenvalue weighted by Gasteiger charge is 2.30. The van der Waals surface area contributed by atoms with Crippen molar-refractivity contribution in [1.29, 1.82) is 0 Å². The Morgan fingerprint density at radius 1 is 1.32 bits per heavy atom. The van der Waals surface area contributed by atoms with E-state index in [4.69, 9.17) is 18.0 Å². The first-order valence-corrected chi connectivity index (χ1v) is 10.1. The normalized spacial score (nSPS) is 18.6. The highest BCUT2D eigenvalue weighted by molar-refractivity contribution is 7.80. The lowest BCUT2D eigenvalue weighted by Crippen LogP contribution is -2.34. The molecule has 148 valence electrons. The Bertz CT molecular complexity index is 843. The molecule has 4 N–H and O–H groups in total. The Hall–Kier alpha value is -2.53. The SMILES string of the molecule is NC(=S)NCC(=O)C[C@@H]1CCC(c2nnc(NC(=O)Cc3ccncn3)s2)C1. The fourth-order valence-corrected chi connectivity index (χ4v) is 4.24. The number of amides is 1. The zero-order valence-electron chi connectivity index (χ0n) is 15.1. The van der Waals surface area contributed by atoms with Crippen LogP contribution in [0.1, 0.15) is 42.3 Å². The molecule has 1 unspecified atom stereocenters. The minimum atomic E-state index is -0.193. The van der Waals surface area contributed by atoms with Crippen LogP contribution in [0.5, 0.6) is 0 Å². The molecule has 9 nitrogen and oxygen atoms in total. The van der Waals surface area contributed by atoms with E-state index in [0.29, 0.717) is 23.2 Å². The van der Waals surface area contributed by atoms with Gasteiger partial charge >= 0.3 is 0 Å². The molecule has 2 atom stereocenters. The molecule has 1 aliphatic rings. The van der Waals surface area contributed by atoms with E-state index in [2.05, 4.69) is 30.8 Å². The van der Waals surface area contributed by atoms with Gasteiger partial charge in [0.15, 0.2) is 10.9 Å². The van der Waals surface area contributed by atoms with E-state index in [0.717, 1.165) is 24.3 Å². The number of anilines is 1. The van der Waals surface area contributed by atoms with Crippen molar-refractivity contribution < 1.29 is 9.59 Å². The number of carbonyl (C=O) groups is 2. The van der Waals surface area contributed by atoms with Gasteiger partial charge in [-0.15, -0.1) is 10.2 Å². The third-order valence-electron chi connectivity index (χ3n) is 4.54. The second-order valence-electron chi connectivity index (χ2n) is 6.71. The van der Waals surface area contributed by atoms with Gasteiger partial charge < -0.3 is 16.4 Å². The van der Waals surface area contributed by atoms with Gasteiger partial charge in [0.2, 0.25) is 11.0 Å². The van der Waals surface area contributed by atoms with Crippen LogP contribution >= 0.6 is 23.6 Å². The molecule has 0 aliphatic heterocycles. The molecule has 1 saturated carbocycles. The third kappa shape index (κ3) is 5.99. The summed E-state index contributed by atoms with van der Waals surface area (Å²) in [5.74, 6) is 0.506. The molecule has 2 heterocycles. The molecular weight excluding hydrogens is 398 g/mol. The van der Waals surface area contributed by atoms with Crippen molar-refractivity contribution in [1.82, 2.24) is 25.5 Å². The number of hydrogen-bond acceptors (Lipinski definition) is 8. The van der Waals surface area contributed by atoms with Gasteiger partial charge in [0.05, 0.1) is 18.7 Å². The summed E-state index contributed by atoms with van der Waals surface area (Å²) in [6.07, 6.45) is 6.50. The molecule has 3 rings (SSSR count). The molecule has 1 amide bonds. The minimum Gasteiger partial charge on any atom is -0.376 e. The number of carbonyl (C=O) groups excluding carboxylic acids is 2. The Morgan fingerprint density at radius 2 is 2.18 bits per heavy atom. The molecule has 0 saturated heterocycles. The fourth-order valence-electron chi connectivity index (χ4n) is 3.27. The van der Waals surface area contributed by atoms with Crippen LogP contribution in [-0.2, 0) is 16.0 Å². The maximum Gasteiger partial charge on any atom is 0.232 e. The van der Waals surface area contributed by atoms with Crippen LogP contribution < -0.4 is 16.4 Å². The molecule has 0 radical (unpaired) electrons. The summed E-state index contributed by atoms with van der Waals surface area (Å²) < 4.78 is 0. The van der Waals surface area contributed by atoms with Crippen molar-refractivity contribution in [3.63, 3.8) is 0 Å². The van der Waals surface area contributed by atoms with Crippen LogP contribution in [0.3, 0.4) is 0 Å². The van der Waals surface area contributed by atoms with Gasteiger partial charge in [-0.3, -0.25) is 9.59 Å². The summed E-state index contributed by atoms with van der Waals surface area (Å²) >= 11 is 6.10. The average molecular weight is 420 g/mol. The van der Waals surface area contributed by atoms with Gasteiger partial charge in [-0.25, -0.2) is 9.97 Å². The van der Waals surface area contributed by atoms with Crippen LogP contribution in [0.4, 0.5) is 5.13 Å². The molecular formula is C17H21N7O2S2. The summed E-state index contributed by atoms with van der Waals surface area (Å²) in [5, 5.41) is 15.3. The summed E-state index contributed by atoms with van der Waals surface area (Å²) in [4.78, 5) is 31.9. The maximum atomic E-state index is 12.1. The first-order chi connectivity index (χ1) is 13.5. The Morgan fingerprint density at radius 3 is 2.93 bits per heavy atom. The standard InChI is InChI=1S/C17H21N7O2S2/c18-16(27)20-8-13(25)6-10-1-2-11(5-10)15-23-24-17(28-15)22-14(26)7-12-3-4-19-9-21-12/h3-4,9-11H,1-2,5-8H2,(H3,18,20,27)(H,22,24,26)/t10-,11?/m1/s1. The number of nitrogens with one attached hydrogen (secondary N) is 2. The molecule has 0 aromatic carbocycles. The topological polar surface area (TPSA) is 136 Å². The lowest BCUT2D eigenvalue weighted by molar-refractivity contribution is -0.119. The number of aromatic nitrogens is 4. The number of rotatable bonds is 8. The van der Waals surface area contributed by atoms with E-state index < -0.39 is 0 Å². The third-order valence-corrected chi connectivity index (χ3v) is 5.68. The van der Waals surface area contributed by atoms with E-state index >= 15 is 0 Å². The van der Waals surface area contributed by atoms with Gasteiger partial charge in [0.1, 0.15) is 11.3 Å². The predicted octanol–water partition coefficient (Wildman–Crippen LogP) is 1.19. The van der Waals surface area contributed by atoms with E-state index in [1.54, 1.807) is 12.3 Å². The molecule has 11 heteroatoms. The maximum absolute atomic E-state index is 12.1. The van der Waals surface area contributed by atoms with Crippen molar-refractivity contribution >= 4 is 45.5 Å². The van der Waals surface area contributed by atoms with Crippen molar-refractivity contribution in [2.45, 2.75) is 38.0 Å². The van der Waals surface area contributed by atoms with Crippen LogP contribution in [0.2, 0.25) is 0 Å². The first-order valence-electron chi connectivity index (χ1n) is 8.92. The molecule has 1 fully saturated rings. The lowest BCUT2D eigenvalue weighted by atomic mass is 9.99. The van der Waals surface area contributed by atoms with E-state index in [1.807, 2.05) is 0 Å². The molecule has 0 bridgehead atoms. The van der Waals surface area contributed by atoms with Gasteiger partial charge in [-0.05, 0) is 43.5 Å². The summed E-state index contributed by atoms with van der Waals surface area (Å²) in [5.41, 5.74) is 5.99. The monoisotopic (exact) mass is 419 g/mol. The molecule has 0 spiro atoms. The van der Waals surface area contributed by atoms with Crippen LogP contribution in [0, 0.1) is 5.92 Å². The van der Waals surface area contributed by atoms with Crippen molar-refractivity contribution in [2.75, 3.05) is 11.9 Å². The molecule has 1 aliphatic carbocycles. The second-order valence-corrected chi connectivity index (χ2v) is 8.16. The van der Waals surface area contributed by atoms with Gasteiger partial charge in [-0.1, -0.05) is 11.3 Å². The number of thiocarbonyl (C=S) groups is 1. The number of nitrogens with zero attached hydrogens (tertiary/aromatic N) is 4. The Labute approximate surface area is 171 Å². The van der Waals surface area contributed by atoms with Gasteiger partial charge in [0, 0.05) is 18.5 Å². The van der Waals surface area contributed by atoms with Crippen LogP contribution in [-0.4, -0.2) is 43.5 Å². The van der Waals surface area contributed by atoms with E-state index in [-0.39, 0.29) is 35.7 Å². The molecule has 2 aromatic rings. The summed E-state index contributed by atoms with van der Waals surface area (Å²) in [7, 11) is 0. The first kappa shape index (κ1) is 20.2. The number of Topliss-reactive ketones (excluding diaryl/α,β-unsaturated/α-hetero) is 1. The number of hydrogen-bond donors (Lipinski definition) is 3.